The van der Waals surface area contributed by atoms with E-state index in [-0.39, 0.29) is 11.7 Å². The van der Waals surface area contributed by atoms with Crippen LogP contribution in [0.25, 0.3) is 11.6 Å². The van der Waals surface area contributed by atoms with Crippen LogP contribution in [-0.2, 0) is 16.1 Å². The fourth-order valence-electron chi connectivity index (χ4n) is 3.01. The van der Waals surface area contributed by atoms with Gasteiger partial charge in [-0.05, 0) is 31.2 Å². The number of furan rings is 1. The number of anilines is 2. The number of nitrogens with one attached hydrogen (secondary N) is 1. The molecule has 0 aliphatic carbocycles. The summed E-state index contributed by atoms with van der Waals surface area (Å²) in [6.07, 6.45) is 1.17. The highest BCUT2D eigenvalue weighted by atomic mass is 32.2. The van der Waals surface area contributed by atoms with E-state index in [1.165, 1.54) is 16.7 Å². The van der Waals surface area contributed by atoms with Crippen molar-refractivity contribution in [1.82, 2.24) is 14.8 Å². The lowest BCUT2D eigenvalue weighted by atomic mass is 10.2. The fraction of sp³-hybridized carbons (Fsp3) is 0.263. The highest BCUT2D eigenvalue weighted by molar-refractivity contribution is 7.99. The molecule has 0 spiro atoms. The Morgan fingerprint density at radius 2 is 2.10 bits per heavy atom. The van der Waals surface area contributed by atoms with E-state index in [4.69, 9.17) is 9.15 Å². The second-order valence-electron chi connectivity index (χ2n) is 6.15. The summed E-state index contributed by atoms with van der Waals surface area (Å²) in [6, 6.07) is 10.8. The third-order valence-corrected chi connectivity index (χ3v) is 5.30. The zero-order chi connectivity index (χ0) is 20.2. The Balaban J connectivity index is 1.44. The summed E-state index contributed by atoms with van der Waals surface area (Å²) in [5.41, 5.74) is 1.18. The number of aromatic nitrogens is 3. The van der Waals surface area contributed by atoms with E-state index in [0.717, 1.165) is 0 Å². The van der Waals surface area contributed by atoms with E-state index in [1.807, 2.05) is 23.6 Å². The molecule has 1 aromatic carbocycles. The van der Waals surface area contributed by atoms with Crippen molar-refractivity contribution in [2.75, 3.05) is 29.1 Å². The minimum Gasteiger partial charge on any atom is -0.461 e. The third kappa shape index (κ3) is 3.97. The average Bonchev–Trinajstić information content (AvgIpc) is 3.47. The summed E-state index contributed by atoms with van der Waals surface area (Å²) in [5.74, 6) is 1.19. The number of carbonyl (C=O) groups is 2. The Hall–Kier alpha value is -3.27. The first-order chi connectivity index (χ1) is 14.2. The van der Waals surface area contributed by atoms with Gasteiger partial charge in [-0.25, -0.2) is 4.79 Å². The van der Waals surface area contributed by atoms with Gasteiger partial charge in [0.05, 0.1) is 29.9 Å². The van der Waals surface area contributed by atoms with Crippen LogP contribution in [0.1, 0.15) is 6.92 Å². The molecule has 150 valence electrons. The summed E-state index contributed by atoms with van der Waals surface area (Å²) in [6.45, 7) is 3.41. The topological polar surface area (TPSA) is 102 Å². The zero-order valence-corrected chi connectivity index (χ0v) is 16.5. The summed E-state index contributed by atoms with van der Waals surface area (Å²) < 4.78 is 12.3. The molecule has 1 fully saturated rings. The molecule has 0 saturated carbocycles. The van der Waals surface area contributed by atoms with E-state index < -0.39 is 6.09 Å². The number of para-hydroxylation sites is 2. The number of carbonyl (C=O) groups excluding carboxylic acids is 2. The Labute approximate surface area is 171 Å². The summed E-state index contributed by atoms with van der Waals surface area (Å²) in [4.78, 5) is 25.9. The van der Waals surface area contributed by atoms with Crippen LogP contribution >= 0.6 is 11.8 Å². The highest BCUT2D eigenvalue weighted by Gasteiger charge is 2.26. The second-order valence-corrected chi connectivity index (χ2v) is 7.09. The number of cyclic esters (lactones) is 1. The zero-order valence-electron chi connectivity index (χ0n) is 15.7. The van der Waals surface area contributed by atoms with Crippen molar-refractivity contribution in [2.24, 2.45) is 0 Å². The van der Waals surface area contributed by atoms with Crippen LogP contribution in [0.2, 0.25) is 0 Å². The summed E-state index contributed by atoms with van der Waals surface area (Å²) >= 11 is 1.29. The monoisotopic (exact) mass is 413 g/mol. The molecule has 10 heteroatoms. The smallest absolute Gasteiger partial charge is 0.414 e. The number of hydrogen-bond acceptors (Lipinski definition) is 7. The molecule has 3 heterocycles. The van der Waals surface area contributed by atoms with Gasteiger partial charge in [0.25, 0.3) is 0 Å². The van der Waals surface area contributed by atoms with Crippen molar-refractivity contribution in [3.8, 4) is 11.6 Å². The molecule has 29 heavy (non-hydrogen) atoms. The van der Waals surface area contributed by atoms with Crippen molar-refractivity contribution in [2.45, 2.75) is 18.6 Å². The Bertz CT molecular complexity index is 1020. The molecular formula is C19H19N5O4S. The summed E-state index contributed by atoms with van der Waals surface area (Å²) in [7, 11) is 0. The second kappa shape index (κ2) is 8.39. The van der Waals surface area contributed by atoms with E-state index in [0.29, 0.717) is 47.8 Å². The predicted octanol–water partition coefficient (Wildman–Crippen LogP) is 3.25. The molecule has 0 atom stereocenters. The van der Waals surface area contributed by atoms with Gasteiger partial charge in [-0.15, -0.1) is 10.2 Å². The maximum atomic E-state index is 12.5. The largest absolute Gasteiger partial charge is 0.461 e. The van der Waals surface area contributed by atoms with Crippen LogP contribution in [0.4, 0.5) is 16.2 Å². The Kier molecular flexibility index (Phi) is 5.52. The van der Waals surface area contributed by atoms with Crippen LogP contribution < -0.4 is 10.2 Å². The standard InChI is InChI=1S/C19H19N5O4S/c1-2-23-17(15-8-5-10-27-15)21-22-18(23)29-12-16(25)20-13-6-3-4-7-14(13)24-9-11-28-19(24)26/h3-8,10H,2,9,11-12H2,1H3,(H,20,25). The van der Waals surface area contributed by atoms with Gasteiger partial charge in [0.1, 0.15) is 6.61 Å². The van der Waals surface area contributed by atoms with Gasteiger partial charge >= 0.3 is 6.09 Å². The number of rotatable bonds is 7. The third-order valence-electron chi connectivity index (χ3n) is 4.34. The minimum absolute atomic E-state index is 0.148. The maximum absolute atomic E-state index is 12.5. The Morgan fingerprint density at radius 1 is 1.24 bits per heavy atom. The fourth-order valence-corrected chi connectivity index (χ4v) is 3.81. The molecule has 0 radical (unpaired) electrons. The first-order valence-electron chi connectivity index (χ1n) is 9.10. The van der Waals surface area contributed by atoms with Gasteiger partial charge in [-0.2, -0.15) is 0 Å². The van der Waals surface area contributed by atoms with Gasteiger partial charge < -0.3 is 14.5 Å². The number of ether oxygens (including phenoxy) is 1. The molecule has 0 unspecified atom stereocenters. The van der Waals surface area contributed by atoms with E-state index in [9.17, 15) is 9.59 Å². The lowest BCUT2D eigenvalue weighted by molar-refractivity contribution is -0.113. The van der Waals surface area contributed by atoms with Crippen molar-refractivity contribution >= 4 is 35.1 Å². The molecule has 4 rings (SSSR count). The Morgan fingerprint density at radius 3 is 2.83 bits per heavy atom. The molecule has 1 aliphatic heterocycles. The molecule has 3 aromatic rings. The molecule has 9 nitrogen and oxygen atoms in total. The molecule has 0 bridgehead atoms. The lowest BCUT2D eigenvalue weighted by Gasteiger charge is -2.17. The molecule has 2 amide bonds. The maximum Gasteiger partial charge on any atom is 0.414 e. The van der Waals surface area contributed by atoms with E-state index >= 15 is 0 Å². The summed E-state index contributed by atoms with van der Waals surface area (Å²) in [5, 5.41) is 11.8. The first-order valence-corrected chi connectivity index (χ1v) is 10.1. The molecule has 2 aromatic heterocycles. The molecular weight excluding hydrogens is 394 g/mol. The predicted molar refractivity (Wildman–Crippen MR) is 108 cm³/mol. The number of amides is 2. The van der Waals surface area contributed by atoms with Gasteiger partial charge in [0.2, 0.25) is 5.91 Å². The van der Waals surface area contributed by atoms with Crippen LogP contribution in [0.15, 0.2) is 52.2 Å². The molecule has 1 aliphatic rings. The van der Waals surface area contributed by atoms with Crippen molar-refractivity contribution in [1.29, 1.82) is 0 Å². The number of hydrogen-bond donors (Lipinski definition) is 1. The normalized spacial score (nSPS) is 13.6. The van der Waals surface area contributed by atoms with Crippen LogP contribution in [-0.4, -0.2) is 45.7 Å². The van der Waals surface area contributed by atoms with Gasteiger partial charge in [0.15, 0.2) is 16.7 Å². The van der Waals surface area contributed by atoms with Gasteiger partial charge in [0, 0.05) is 6.54 Å². The SMILES string of the molecule is CCn1c(SCC(=O)Nc2ccccc2N2CCOC2=O)nnc1-c1ccco1. The molecule has 1 N–H and O–H groups in total. The van der Waals surface area contributed by atoms with E-state index in [2.05, 4.69) is 15.5 Å². The van der Waals surface area contributed by atoms with Crippen LogP contribution in [0, 0.1) is 0 Å². The van der Waals surface area contributed by atoms with E-state index in [1.54, 1.807) is 30.5 Å². The van der Waals surface area contributed by atoms with Crippen molar-refractivity contribution in [3.63, 3.8) is 0 Å². The van der Waals surface area contributed by atoms with Crippen LogP contribution in [0.5, 0.6) is 0 Å². The van der Waals surface area contributed by atoms with Crippen molar-refractivity contribution in [3.05, 3.63) is 42.7 Å². The average molecular weight is 413 g/mol. The van der Waals surface area contributed by atoms with Crippen LogP contribution in [0.3, 0.4) is 0 Å². The minimum atomic E-state index is -0.414. The highest BCUT2D eigenvalue weighted by Crippen LogP contribution is 2.29. The first kappa shape index (κ1) is 19.1. The van der Waals surface area contributed by atoms with Gasteiger partial charge in [-0.3, -0.25) is 14.3 Å². The quantitative estimate of drug-likeness (QED) is 0.593. The number of thioether (sulfide) groups is 1. The van der Waals surface area contributed by atoms with Gasteiger partial charge in [-0.1, -0.05) is 23.9 Å². The number of benzene rings is 1. The number of nitrogens with zero attached hydrogens (tertiary/aromatic N) is 4. The van der Waals surface area contributed by atoms with Crippen molar-refractivity contribution < 1.29 is 18.7 Å². The lowest BCUT2D eigenvalue weighted by Crippen LogP contribution is -2.25. The molecule has 1 saturated heterocycles.